The molecule has 0 bridgehead atoms. The molecule has 0 aliphatic carbocycles. The molecule has 1 aliphatic rings. The minimum Gasteiger partial charge on any atom is -0.480 e. The van der Waals surface area contributed by atoms with Crippen LogP contribution in [0.2, 0.25) is 0 Å². The molecule has 2 unspecified atom stereocenters. The van der Waals surface area contributed by atoms with Crippen molar-refractivity contribution in [3.63, 3.8) is 0 Å². The van der Waals surface area contributed by atoms with Crippen LogP contribution in [0.1, 0.15) is 13.3 Å². The van der Waals surface area contributed by atoms with Gasteiger partial charge >= 0.3 is 12.0 Å². The number of carboxylic acid groups (broad SMARTS) is 1. The van der Waals surface area contributed by atoms with Crippen molar-refractivity contribution in [2.45, 2.75) is 31.2 Å². The van der Waals surface area contributed by atoms with Crippen LogP contribution < -0.4 is 0 Å². The van der Waals surface area contributed by atoms with Gasteiger partial charge in [-0.05, 0) is 6.42 Å². The topological polar surface area (TPSA) is 81.1 Å². The van der Waals surface area contributed by atoms with Crippen molar-refractivity contribution in [2.75, 3.05) is 25.4 Å². The molecule has 0 saturated carbocycles. The van der Waals surface area contributed by atoms with Gasteiger partial charge in [-0.15, -0.1) is 11.8 Å². The van der Waals surface area contributed by atoms with Crippen molar-refractivity contribution in [1.29, 1.82) is 0 Å². The number of nitrogens with zero attached hydrogens (tertiary/aromatic N) is 2. The van der Waals surface area contributed by atoms with E-state index in [1.54, 1.807) is 6.92 Å². The number of thioether (sulfide) groups is 1. The Balaban J connectivity index is 2.90. The van der Waals surface area contributed by atoms with Gasteiger partial charge in [0.1, 0.15) is 6.04 Å². The Kier molecular flexibility index (Phi) is 6.47. The molecule has 0 aromatic heterocycles. The summed E-state index contributed by atoms with van der Waals surface area (Å²) in [6, 6.07) is -1.78. The van der Waals surface area contributed by atoms with Gasteiger partial charge in [0.2, 0.25) is 0 Å². The Morgan fingerprint density at radius 3 is 2.60 bits per heavy atom. The molecule has 2 amide bonds. The van der Waals surface area contributed by atoms with Gasteiger partial charge in [-0.1, -0.05) is 6.92 Å². The fourth-order valence-corrected chi connectivity index (χ4v) is 3.38. The molecular weight excluding hydrogens is 294 g/mol. The Bertz CT molecular complexity index is 359. The number of hydrogen-bond donors (Lipinski definition) is 2. The number of carboxylic acids is 1. The van der Waals surface area contributed by atoms with Crippen LogP contribution in [0.4, 0.5) is 13.6 Å². The summed E-state index contributed by atoms with van der Waals surface area (Å²) in [5, 5.41) is 17.6. The summed E-state index contributed by atoms with van der Waals surface area (Å²) >= 11 is 1.32. The molecule has 0 radical (unpaired) electrons. The Hall–Kier alpha value is -1.09. The zero-order chi connectivity index (χ0) is 15.3. The highest BCUT2D eigenvalue weighted by molar-refractivity contribution is 8.00. The summed E-state index contributed by atoms with van der Waals surface area (Å²) in [6.45, 7) is 0.288. The number of hydrogen-bond acceptors (Lipinski definition) is 4. The molecular formula is C11H18F2N2O4S. The maximum absolute atomic E-state index is 12.5. The van der Waals surface area contributed by atoms with E-state index >= 15 is 0 Å². The Morgan fingerprint density at radius 1 is 1.50 bits per heavy atom. The molecule has 9 heteroatoms. The summed E-state index contributed by atoms with van der Waals surface area (Å²) in [5.41, 5.74) is 0. The summed E-state index contributed by atoms with van der Waals surface area (Å²) < 4.78 is 24.9. The second-order valence-corrected chi connectivity index (χ2v) is 5.51. The highest BCUT2D eigenvalue weighted by Crippen LogP contribution is 2.32. The first-order valence-corrected chi connectivity index (χ1v) is 7.27. The Labute approximate surface area is 119 Å². The smallest absolute Gasteiger partial charge is 0.327 e. The zero-order valence-electron chi connectivity index (χ0n) is 11.0. The first-order valence-electron chi connectivity index (χ1n) is 6.23. The van der Waals surface area contributed by atoms with Gasteiger partial charge in [-0.25, -0.2) is 18.4 Å². The van der Waals surface area contributed by atoms with E-state index in [9.17, 15) is 18.4 Å². The predicted octanol–water partition coefficient (Wildman–Crippen LogP) is 0.904. The molecule has 1 rings (SSSR count). The zero-order valence-corrected chi connectivity index (χ0v) is 11.9. The van der Waals surface area contributed by atoms with Gasteiger partial charge in [0.25, 0.3) is 6.43 Å². The number of rotatable bonds is 6. The van der Waals surface area contributed by atoms with Crippen molar-refractivity contribution in [3.05, 3.63) is 0 Å². The van der Waals surface area contributed by atoms with Crippen molar-refractivity contribution < 1.29 is 28.6 Å². The maximum atomic E-state index is 12.5. The third-order valence-electron chi connectivity index (χ3n) is 2.95. The largest absolute Gasteiger partial charge is 0.480 e. The second kappa shape index (κ2) is 7.63. The SMILES string of the molecule is CCC1SCC(C(=O)O)N1C(=O)N(CCO)CC(F)F. The van der Waals surface area contributed by atoms with E-state index in [1.165, 1.54) is 11.8 Å². The van der Waals surface area contributed by atoms with Crippen LogP contribution >= 0.6 is 11.8 Å². The molecule has 1 saturated heterocycles. The molecule has 0 aromatic rings. The summed E-state index contributed by atoms with van der Waals surface area (Å²) in [4.78, 5) is 25.4. The second-order valence-electron chi connectivity index (χ2n) is 4.30. The lowest BCUT2D eigenvalue weighted by Crippen LogP contribution is -2.53. The van der Waals surface area contributed by atoms with E-state index in [4.69, 9.17) is 10.2 Å². The third kappa shape index (κ3) is 3.95. The van der Waals surface area contributed by atoms with Crippen LogP contribution in [0.5, 0.6) is 0 Å². The van der Waals surface area contributed by atoms with Crippen molar-refractivity contribution in [3.8, 4) is 0 Å². The monoisotopic (exact) mass is 312 g/mol. The molecule has 20 heavy (non-hydrogen) atoms. The number of aliphatic hydroxyl groups is 1. The predicted molar refractivity (Wildman–Crippen MR) is 69.9 cm³/mol. The molecule has 1 aliphatic heterocycles. The van der Waals surface area contributed by atoms with Gasteiger partial charge in [0.15, 0.2) is 0 Å². The minimum absolute atomic E-state index is 0.237. The van der Waals surface area contributed by atoms with Gasteiger partial charge in [0, 0.05) is 12.3 Å². The molecule has 0 aromatic carbocycles. The molecule has 0 spiro atoms. The quantitative estimate of drug-likeness (QED) is 0.762. The van der Waals surface area contributed by atoms with Crippen LogP contribution in [0.15, 0.2) is 0 Å². The van der Waals surface area contributed by atoms with E-state index in [0.717, 1.165) is 9.80 Å². The van der Waals surface area contributed by atoms with Crippen molar-refractivity contribution >= 4 is 23.8 Å². The number of aliphatic carboxylic acids is 1. The molecule has 6 nitrogen and oxygen atoms in total. The normalized spacial score (nSPS) is 22.4. The number of alkyl halides is 2. The minimum atomic E-state index is -2.73. The summed E-state index contributed by atoms with van der Waals surface area (Å²) in [7, 11) is 0. The number of urea groups is 1. The van der Waals surface area contributed by atoms with Crippen LogP contribution in [0.25, 0.3) is 0 Å². The van der Waals surface area contributed by atoms with Crippen LogP contribution in [0, 0.1) is 0 Å². The van der Waals surface area contributed by atoms with Crippen molar-refractivity contribution in [2.24, 2.45) is 0 Å². The third-order valence-corrected chi connectivity index (χ3v) is 4.40. The molecule has 1 heterocycles. The van der Waals surface area contributed by atoms with E-state index in [2.05, 4.69) is 0 Å². The molecule has 1 fully saturated rings. The van der Waals surface area contributed by atoms with E-state index in [1.807, 2.05) is 0 Å². The highest BCUT2D eigenvalue weighted by Gasteiger charge is 2.42. The van der Waals surface area contributed by atoms with Crippen molar-refractivity contribution in [1.82, 2.24) is 9.80 Å². The van der Waals surface area contributed by atoms with E-state index in [-0.39, 0.29) is 17.7 Å². The van der Waals surface area contributed by atoms with Gasteiger partial charge in [-0.3, -0.25) is 4.90 Å². The van der Waals surface area contributed by atoms with Gasteiger partial charge < -0.3 is 15.1 Å². The number of carbonyl (C=O) groups is 2. The van der Waals surface area contributed by atoms with Crippen LogP contribution in [-0.2, 0) is 4.79 Å². The van der Waals surface area contributed by atoms with Crippen LogP contribution in [0.3, 0.4) is 0 Å². The fourth-order valence-electron chi connectivity index (χ4n) is 2.04. The summed E-state index contributed by atoms with van der Waals surface area (Å²) in [6.07, 6.45) is -2.20. The highest BCUT2D eigenvalue weighted by atomic mass is 32.2. The molecule has 116 valence electrons. The lowest BCUT2D eigenvalue weighted by molar-refractivity contribution is -0.141. The number of halogens is 2. The first-order chi connectivity index (χ1) is 9.42. The van der Waals surface area contributed by atoms with Gasteiger partial charge in [0.05, 0.1) is 18.5 Å². The lowest BCUT2D eigenvalue weighted by Gasteiger charge is -2.32. The van der Waals surface area contributed by atoms with Gasteiger partial charge in [-0.2, -0.15) is 0 Å². The Morgan fingerprint density at radius 2 is 2.15 bits per heavy atom. The fraction of sp³-hybridized carbons (Fsp3) is 0.818. The molecule has 2 N–H and O–H groups in total. The van der Waals surface area contributed by atoms with Crippen LogP contribution in [-0.4, -0.2) is 75.3 Å². The average molecular weight is 312 g/mol. The number of amides is 2. The lowest BCUT2D eigenvalue weighted by atomic mass is 10.2. The first kappa shape index (κ1) is 17.0. The summed E-state index contributed by atoms with van der Waals surface area (Å²) in [5.74, 6) is -0.913. The maximum Gasteiger partial charge on any atom is 0.327 e. The van der Waals surface area contributed by atoms with E-state index in [0.29, 0.717) is 6.42 Å². The number of carbonyl (C=O) groups excluding carboxylic acids is 1. The standard InChI is InChI=1S/C11H18F2N2O4S/c1-2-9-15(7(6-20-9)10(17)18)11(19)14(3-4-16)5-8(12)13/h7-9,16H,2-6H2,1H3,(H,17,18). The number of aliphatic hydroxyl groups excluding tert-OH is 1. The molecule has 2 atom stereocenters. The average Bonchev–Trinajstić information content (AvgIpc) is 2.80. The van der Waals surface area contributed by atoms with E-state index < -0.39 is 37.6 Å².